The van der Waals surface area contributed by atoms with E-state index in [2.05, 4.69) is 0 Å². The summed E-state index contributed by atoms with van der Waals surface area (Å²) in [7, 11) is 0. The van der Waals surface area contributed by atoms with E-state index in [1.807, 2.05) is 27.7 Å². The minimum atomic E-state index is -1.27. The number of hydrogen-bond donors (Lipinski definition) is 0. The van der Waals surface area contributed by atoms with E-state index < -0.39 is 17.7 Å². The van der Waals surface area contributed by atoms with E-state index in [0.29, 0.717) is 0 Å². The summed E-state index contributed by atoms with van der Waals surface area (Å²) in [5.74, 6) is -3.02. The minimum absolute atomic E-state index is 0.137. The average Bonchev–Trinajstić information content (AvgIpc) is 2.50. The molecular formula is C20H24O6. The van der Waals surface area contributed by atoms with Crippen molar-refractivity contribution in [1.82, 2.24) is 0 Å². The van der Waals surface area contributed by atoms with Gasteiger partial charge in [-0.15, -0.1) is 0 Å². The zero-order chi connectivity index (χ0) is 19.8. The highest BCUT2D eigenvalue weighted by Gasteiger charge is 2.39. The van der Waals surface area contributed by atoms with Gasteiger partial charge in [0.1, 0.15) is 12.2 Å². The summed E-state index contributed by atoms with van der Waals surface area (Å²) in [6.45, 7) is 12.2. The van der Waals surface area contributed by atoms with Crippen LogP contribution in [0.2, 0.25) is 0 Å². The smallest absolute Gasteiger partial charge is 0.348 e. The van der Waals surface area contributed by atoms with Crippen molar-refractivity contribution < 1.29 is 28.6 Å². The molecule has 140 valence electrons. The molecule has 2 rings (SSSR count). The second kappa shape index (κ2) is 6.94. The molecule has 1 aromatic carbocycles. The van der Waals surface area contributed by atoms with Crippen LogP contribution in [0, 0.1) is 27.7 Å². The Labute approximate surface area is 153 Å². The lowest BCUT2D eigenvalue weighted by Crippen LogP contribution is -2.41. The van der Waals surface area contributed by atoms with Crippen LogP contribution < -0.4 is 0 Å². The van der Waals surface area contributed by atoms with Gasteiger partial charge in [-0.25, -0.2) is 9.59 Å². The first-order valence-electron chi connectivity index (χ1n) is 8.35. The van der Waals surface area contributed by atoms with Gasteiger partial charge in [0.2, 0.25) is 0 Å². The Hall–Kier alpha value is -2.63. The fraction of sp³-hybridized carbons (Fsp3) is 0.450. The van der Waals surface area contributed by atoms with Gasteiger partial charge in [0.15, 0.2) is 0 Å². The van der Waals surface area contributed by atoms with Gasteiger partial charge in [0.05, 0.1) is 0 Å². The Morgan fingerprint density at radius 3 is 1.85 bits per heavy atom. The number of carbonyl (C=O) groups is 3. The summed E-state index contributed by atoms with van der Waals surface area (Å²) in [5, 5.41) is 0. The second-order valence-corrected chi connectivity index (χ2v) is 6.91. The lowest BCUT2D eigenvalue weighted by Gasteiger charge is -2.30. The van der Waals surface area contributed by atoms with E-state index in [4.69, 9.17) is 14.2 Å². The minimum Gasteiger partial charge on any atom is -0.461 e. The number of benzene rings is 1. The fourth-order valence-corrected chi connectivity index (χ4v) is 2.95. The lowest BCUT2D eigenvalue weighted by molar-refractivity contribution is -0.222. The molecule has 0 amide bonds. The number of cyclic esters (lactones) is 2. The van der Waals surface area contributed by atoms with Gasteiger partial charge in [-0.1, -0.05) is 0 Å². The van der Waals surface area contributed by atoms with Crippen LogP contribution in [0.4, 0.5) is 0 Å². The molecule has 0 radical (unpaired) electrons. The third kappa shape index (κ3) is 3.79. The predicted octanol–water partition coefficient (Wildman–Crippen LogP) is 3.20. The molecule has 0 spiro atoms. The lowest BCUT2D eigenvalue weighted by atomic mass is 9.88. The van der Waals surface area contributed by atoms with E-state index >= 15 is 0 Å². The Morgan fingerprint density at radius 2 is 1.42 bits per heavy atom. The summed E-state index contributed by atoms with van der Waals surface area (Å²) >= 11 is 0. The molecule has 26 heavy (non-hydrogen) atoms. The normalized spacial score (nSPS) is 16.0. The van der Waals surface area contributed by atoms with Crippen LogP contribution in [-0.4, -0.2) is 23.7 Å². The van der Waals surface area contributed by atoms with E-state index in [-0.39, 0.29) is 18.1 Å². The van der Waals surface area contributed by atoms with E-state index in [1.165, 1.54) is 26.8 Å². The molecule has 0 N–H and O–H groups in total. The standard InChI is InChI=1S/C20H24O6/c1-10-12(3)17(9-24-14(5)21)13(4)11(2)15(10)8-16-18(22)25-20(6,7)26-19(16)23/h8H,9H2,1-7H3. The molecule has 6 heteroatoms. The molecule has 0 saturated carbocycles. The maximum atomic E-state index is 12.2. The van der Waals surface area contributed by atoms with Crippen LogP contribution in [-0.2, 0) is 35.2 Å². The van der Waals surface area contributed by atoms with Gasteiger partial charge >= 0.3 is 17.9 Å². The van der Waals surface area contributed by atoms with Crippen LogP contribution in [0.1, 0.15) is 54.2 Å². The van der Waals surface area contributed by atoms with Crippen molar-refractivity contribution in [2.24, 2.45) is 0 Å². The summed E-state index contributed by atoms with van der Waals surface area (Å²) in [5.41, 5.74) is 5.23. The van der Waals surface area contributed by atoms with Gasteiger partial charge < -0.3 is 14.2 Å². The Morgan fingerprint density at radius 1 is 0.962 bits per heavy atom. The molecule has 1 aromatic rings. The van der Waals surface area contributed by atoms with Gasteiger partial charge in [-0.3, -0.25) is 4.79 Å². The van der Waals surface area contributed by atoms with Crippen molar-refractivity contribution in [3.05, 3.63) is 39.0 Å². The molecule has 1 aliphatic rings. The van der Waals surface area contributed by atoms with Crippen molar-refractivity contribution in [2.45, 2.75) is 60.9 Å². The molecule has 1 fully saturated rings. The zero-order valence-electron chi connectivity index (χ0n) is 16.2. The number of carbonyl (C=O) groups excluding carboxylic acids is 3. The van der Waals surface area contributed by atoms with Gasteiger partial charge in [-0.2, -0.15) is 0 Å². The second-order valence-electron chi connectivity index (χ2n) is 6.91. The maximum absolute atomic E-state index is 12.2. The van der Waals surface area contributed by atoms with E-state index in [9.17, 15) is 14.4 Å². The number of hydrogen-bond acceptors (Lipinski definition) is 6. The van der Waals surface area contributed by atoms with Crippen molar-refractivity contribution in [2.75, 3.05) is 0 Å². The average molecular weight is 360 g/mol. The summed E-state index contributed by atoms with van der Waals surface area (Å²) < 4.78 is 15.4. The van der Waals surface area contributed by atoms with Gasteiger partial charge in [0, 0.05) is 20.8 Å². The largest absolute Gasteiger partial charge is 0.461 e. The topological polar surface area (TPSA) is 78.9 Å². The van der Waals surface area contributed by atoms with Crippen LogP contribution in [0.5, 0.6) is 0 Å². The van der Waals surface area contributed by atoms with Crippen LogP contribution in [0.3, 0.4) is 0 Å². The SMILES string of the molecule is CC(=O)OCc1c(C)c(C)c(C=C2C(=O)OC(C)(C)OC2=O)c(C)c1C. The van der Waals surface area contributed by atoms with E-state index in [0.717, 1.165) is 33.4 Å². The van der Waals surface area contributed by atoms with Crippen molar-refractivity contribution >= 4 is 24.0 Å². The first-order chi connectivity index (χ1) is 11.9. The molecule has 1 heterocycles. The third-order valence-corrected chi connectivity index (χ3v) is 4.66. The highest BCUT2D eigenvalue weighted by atomic mass is 16.7. The molecule has 0 bridgehead atoms. The monoisotopic (exact) mass is 360 g/mol. The van der Waals surface area contributed by atoms with Gasteiger partial charge in [-0.05, 0) is 67.2 Å². The molecule has 0 aliphatic carbocycles. The van der Waals surface area contributed by atoms with Crippen molar-refractivity contribution in [3.63, 3.8) is 0 Å². The molecule has 0 aromatic heterocycles. The van der Waals surface area contributed by atoms with Gasteiger partial charge in [0.25, 0.3) is 5.79 Å². The van der Waals surface area contributed by atoms with Crippen molar-refractivity contribution in [1.29, 1.82) is 0 Å². The van der Waals surface area contributed by atoms with Crippen molar-refractivity contribution in [3.8, 4) is 0 Å². The quantitative estimate of drug-likeness (QED) is 0.468. The predicted molar refractivity (Wildman–Crippen MR) is 95.1 cm³/mol. The zero-order valence-corrected chi connectivity index (χ0v) is 16.2. The number of esters is 3. The molecule has 6 nitrogen and oxygen atoms in total. The fourth-order valence-electron chi connectivity index (χ4n) is 2.95. The molecule has 0 atom stereocenters. The molecule has 1 saturated heterocycles. The summed E-state index contributed by atoms with van der Waals surface area (Å²) in [6.07, 6.45) is 1.51. The Kier molecular flexibility index (Phi) is 5.26. The maximum Gasteiger partial charge on any atom is 0.348 e. The third-order valence-electron chi connectivity index (χ3n) is 4.66. The van der Waals surface area contributed by atoms with E-state index in [1.54, 1.807) is 0 Å². The Balaban J connectivity index is 2.53. The first kappa shape index (κ1) is 19.7. The molecular weight excluding hydrogens is 336 g/mol. The highest BCUT2D eigenvalue weighted by molar-refractivity contribution is 6.19. The molecule has 1 aliphatic heterocycles. The number of rotatable bonds is 3. The van der Waals surface area contributed by atoms with Crippen LogP contribution in [0.15, 0.2) is 5.57 Å². The summed E-state index contributed by atoms with van der Waals surface area (Å²) in [4.78, 5) is 35.6. The first-order valence-corrected chi connectivity index (χ1v) is 8.35. The Bertz CT molecular complexity index is 778. The van der Waals surface area contributed by atoms with Crippen LogP contribution in [0.25, 0.3) is 6.08 Å². The molecule has 0 unspecified atom stereocenters. The highest BCUT2D eigenvalue weighted by Crippen LogP contribution is 2.31. The summed E-state index contributed by atoms with van der Waals surface area (Å²) in [6, 6.07) is 0. The number of ether oxygens (including phenoxy) is 3. The van der Waals surface area contributed by atoms with Crippen LogP contribution >= 0.6 is 0 Å².